The fourth-order valence-electron chi connectivity index (χ4n) is 4.29. The van der Waals surface area contributed by atoms with Crippen molar-refractivity contribution in [1.29, 1.82) is 0 Å². The van der Waals surface area contributed by atoms with Crippen molar-refractivity contribution in [2.24, 2.45) is 13.0 Å². The molecular formula is C23H25N5OS2. The number of rotatable bonds is 5. The molecule has 160 valence electrons. The number of thiophene rings is 1. The summed E-state index contributed by atoms with van der Waals surface area (Å²) in [5.41, 5.74) is 3.76. The maximum Gasteiger partial charge on any atom is 0.258 e. The number of fused-ring (bicyclic) bond motifs is 2. The van der Waals surface area contributed by atoms with E-state index in [2.05, 4.69) is 32.7 Å². The van der Waals surface area contributed by atoms with Crippen LogP contribution in [0.3, 0.4) is 0 Å². The third-order valence-electron chi connectivity index (χ3n) is 6.10. The molecule has 0 fully saturated rings. The molecule has 0 aromatic carbocycles. The van der Waals surface area contributed by atoms with Gasteiger partial charge in [0.25, 0.3) is 5.56 Å². The smallest absolute Gasteiger partial charge is 0.258 e. The van der Waals surface area contributed by atoms with E-state index in [1.54, 1.807) is 22.2 Å². The molecule has 1 aliphatic rings. The largest absolute Gasteiger partial charge is 0.304 e. The zero-order valence-electron chi connectivity index (χ0n) is 18.0. The molecule has 1 unspecified atom stereocenters. The summed E-state index contributed by atoms with van der Waals surface area (Å²) in [7, 11) is 2.01. The molecule has 0 amide bonds. The minimum Gasteiger partial charge on any atom is -0.304 e. The lowest BCUT2D eigenvalue weighted by Crippen LogP contribution is -2.17. The lowest BCUT2D eigenvalue weighted by Gasteiger charge is -2.19. The van der Waals surface area contributed by atoms with Gasteiger partial charge in [-0.25, -0.2) is 4.98 Å². The molecular weight excluding hydrogens is 426 g/mol. The normalized spacial score (nSPS) is 16.0. The minimum atomic E-state index is -0.0492. The number of hydrogen-bond acceptors (Lipinski definition) is 6. The van der Waals surface area contributed by atoms with E-state index < -0.39 is 0 Å². The van der Waals surface area contributed by atoms with Crippen LogP contribution in [0.15, 0.2) is 40.3 Å². The van der Waals surface area contributed by atoms with E-state index in [9.17, 15) is 4.79 Å². The first kappa shape index (κ1) is 20.5. The van der Waals surface area contributed by atoms with Gasteiger partial charge in [0.2, 0.25) is 0 Å². The summed E-state index contributed by atoms with van der Waals surface area (Å²) < 4.78 is 3.69. The number of thioether (sulfide) groups is 1. The van der Waals surface area contributed by atoms with E-state index in [1.807, 2.05) is 43.5 Å². The van der Waals surface area contributed by atoms with E-state index >= 15 is 0 Å². The van der Waals surface area contributed by atoms with Crippen molar-refractivity contribution in [3.63, 3.8) is 0 Å². The van der Waals surface area contributed by atoms with Gasteiger partial charge in [0.05, 0.1) is 10.6 Å². The highest BCUT2D eigenvalue weighted by molar-refractivity contribution is 7.98. The van der Waals surface area contributed by atoms with Gasteiger partial charge in [0.15, 0.2) is 11.0 Å². The maximum atomic E-state index is 12.5. The van der Waals surface area contributed by atoms with Crippen LogP contribution in [0.1, 0.15) is 41.6 Å². The number of hydrogen-bond donors (Lipinski definition) is 0. The summed E-state index contributed by atoms with van der Waals surface area (Å²) in [6, 6.07) is 9.63. The predicted molar refractivity (Wildman–Crippen MR) is 126 cm³/mol. The summed E-state index contributed by atoms with van der Waals surface area (Å²) in [6.07, 6.45) is 4.91. The first-order chi connectivity index (χ1) is 15.0. The fourth-order valence-corrected chi connectivity index (χ4v) is 6.32. The molecule has 5 rings (SSSR count). The number of aromatic nitrogens is 5. The van der Waals surface area contributed by atoms with E-state index in [1.165, 1.54) is 41.0 Å². The lowest BCUT2D eigenvalue weighted by atomic mass is 9.87. The number of aryl methyl sites for hydroxylation is 2. The standard InChI is InChI=1S/C23H25N5OS2/c1-4-15-8-9-18-16(10-15)11-19(31-18)22-25-26-23(27(22)3)30-13-17-12-21(29)28-14(2)6-5-7-20(28)24-17/h5-7,11-12,15H,4,8-10,13H2,1-3H3. The number of nitrogens with zero attached hydrogens (tertiary/aromatic N) is 5. The van der Waals surface area contributed by atoms with Crippen LogP contribution in [-0.4, -0.2) is 24.1 Å². The van der Waals surface area contributed by atoms with Crippen LogP contribution in [-0.2, 0) is 25.6 Å². The quantitative estimate of drug-likeness (QED) is 0.413. The van der Waals surface area contributed by atoms with E-state index in [-0.39, 0.29) is 5.56 Å². The molecule has 1 atom stereocenters. The molecule has 4 heterocycles. The zero-order chi connectivity index (χ0) is 21.5. The molecule has 0 saturated carbocycles. The van der Waals surface area contributed by atoms with Crippen LogP contribution in [0.4, 0.5) is 0 Å². The Balaban J connectivity index is 1.36. The van der Waals surface area contributed by atoms with Crippen molar-refractivity contribution in [2.75, 3.05) is 0 Å². The molecule has 8 heteroatoms. The molecule has 0 N–H and O–H groups in total. The Hall–Kier alpha value is -2.45. The summed E-state index contributed by atoms with van der Waals surface area (Å²) in [5.74, 6) is 2.30. The van der Waals surface area contributed by atoms with Crippen molar-refractivity contribution in [3.05, 3.63) is 62.5 Å². The second-order valence-electron chi connectivity index (χ2n) is 8.18. The Kier molecular flexibility index (Phi) is 5.44. The molecule has 1 aliphatic carbocycles. The van der Waals surface area contributed by atoms with Gasteiger partial charge < -0.3 is 4.57 Å². The zero-order valence-corrected chi connectivity index (χ0v) is 19.6. The third-order valence-corrected chi connectivity index (χ3v) is 8.39. The minimum absolute atomic E-state index is 0.0492. The monoisotopic (exact) mass is 451 g/mol. The van der Waals surface area contributed by atoms with Gasteiger partial charge in [-0.15, -0.1) is 21.5 Å². The fraction of sp³-hybridized carbons (Fsp3) is 0.391. The van der Waals surface area contributed by atoms with Crippen molar-refractivity contribution in [3.8, 4) is 10.7 Å². The Morgan fingerprint density at radius 3 is 2.97 bits per heavy atom. The highest BCUT2D eigenvalue weighted by atomic mass is 32.2. The van der Waals surface area contributed by atoms with Gasteiger partial charge in [0.1, 0.15) is 5.65 Å². The van der Waals surface area contributed by atoms with Gasteiger partial charge in [-0.05, 0) is 55.9 Å². The van der Waals surface area contributed by atoms with Gasteiger partial charge >= 0.3 is 0 Å². The van der Waals surface area contributed by atoms with Gasteiger partial charge in [0, 0.05) is 29.4 Å². The van der Waals surface area contributed by atoms with Crippen molar-refractivity contribution in [2.45, 2.75) is 50.4 Å². The highest BCUT2D eigenvalue weighted by Crippen LogP contribution is 2.38. The summed E-state index contributed by atoms with van der Waals surface area (Å²) in [5, 5.41) is 9.72. The lowest BCUT2D eigenvalue weighted by molar-refractivity contribution is 0.449. The van der Waals surface area contributed by atoms with Crippen molar-refractivity contribution >= 4 is 28.7 Å². The summed E-state index contributed by atoms with van der Waals surface area (Å²) in [6.45, 7) is 4.20. The van der Waals surface area contributed by atoms with Gasteiger partial charge in [-0.1, -0.05) is 31.2 Å². The highest BCUT2D eigenvalue weighted by Gasteiger charge is 2.22. The van der Waals surface area contributed by atoms with Crippen LogP contribution >= 0.6 is 23.1 Å². The molecule has 0 spiro atoms. The van der Waals surface area contributed by atoms with Gasteiger partial charge in [-0.3, -0.25) is 9.20 Å². The Morgan fingerprint density at radius 1 is 1.26 bits per heavy atom. The average Bonchev–Trinajstić information content (AvgIpc) is 3.34. The van der Waals surface area contributed by atoms with Crippen LogP contribution in [0.5, 0.6) is 0 Å². The topological polar surface area (TPSA) is 65.1 Å². The van der Waals surface area contributed by atoms with E-state index in [4.69, 9.17) is 0 Å². The van der Waals surface area contributed by atoms with Crippen molar-refractivity contribution in [1.82, 2.24) is 24.1 Å². The van der Waals surface area contributed by atoms with Crippen LogP contribution in [0.25, 0.3) is 16.3 Å². The Labute approximate surface area is 189 Å². The molecule has 4 aromatic rings. The second kappa shape index (κ2) is 8.24. The predicted octanol–water partition coefficient (Wildman–Crippen LogP) is 4.67. The Morgan fingerprint density at radius 2 is 2.13 bits per heavy atom. The molecule has 0 saturated heterocycles. The second-order valence-corrected chi connectivity index (χ2v) is 10.3. The Bertz CT molecular complexity index is 1320. The van der Waals surface area contributed by atoms with E-state index in [0.29, 0.717) is 11.4 Å². The van der Waals surface area contributed by atoms with Gasteiger partial charge in [-0.2, -0.15) is 0 Å². The van der Waals surface area contributed by atoms with Crippen molar-refractivity contribution < 1.29 is 0 Å². The molecule has 6 nitrogen and oxygen atoms in total. The van der Waals surface area contributed by atoms with Crippen LogP contribution < -0.4 is 5.56 Å². The molecule has 0 aliphatic heterocycles. The molecule has 0 radical (unpaired) electrons. The first-order valence-corrected chi connectivity index (χ1v) is 12.5. The van der Waals surface area contributed by atoms with E-state index in [0.717, 1.165) is 28.3 Å². The summed E-state index contributed by atoms with van der Waals surface area (Å²) in [4.78, 5) is 19.9. The molecule has 0 bridgehead atoms. The summed E-state index contributed by atoms with van der Waals surface area (Å²) >= 11 is 3.42. The SMILES string of the molecule is CCC1CCc2sc(-c3nnc(SCc4cc(=O)n5c(C)cccc5n4)n3C)cc2C1. The first-order valence-electron chi connectivity index (χ1n) is 10.7. The van der Waals surface area contributed by atoms with Crippen LogP contribution in [0.2, 0.25) is 0 Å². The number of pyridine rings is 1. The molecule has 31 heavy (non-hydrogen) atoms. The molecule has 4 aromatic heterocycles. The maximum absolute atomic E-state index is 12.5. The third kappa shape index (κ3) is 3.83. The average molecular weight is 452 g/mol. The van der Waals surface area contributed by atoms with Crippen LogP contribution in [0, 0.1) is 12.8 Å².